The number of hydrogen-bond donors (Lipinski definition) is 1. The fourth-order valence-corrected chi connectivity index (χ4v) is 2.04. The predicted octanol–water partition coefficient (Wildman–Crippen LogP) is 3.38. The van der Waals surface area contributed by atoms with Gasteiger partial charge in [0.05, 0.1) is 11.6 Å². The first kappa shape index (κ1) is 14.0. The van der Waals surface area contributed by atoms with E-state index in [0.717, 1.165) is 22.4 Å². The first-order chi connectivity index (χ1) is 9.51. The van der Waals surface area contributed by atoms with Gasteiger partial charge < -0.3 is 10.5 Å². The summed E-state index contributed by atoms with van der Waals surface area (Å²) >= 11 is 0. The number of hydrogen-bond acceptors (Lipinski definition) is 4. The van der Waals surface area contributed by atoms with Gasteiger partial charge in [0.1, 0.15) is 5.75 Å². The zero-order chi connectivity index (χ0) is 14.7. The molecule has 0 spiro atoms. The molecule has 0 amide bonds. The van der Waals surface area contributed by atoms with E-state index in [1.165, 1.54) is 0 Å². The second kappa shape index (κ2) is 5.72. The molecule has 2 aromatic rings. The smallest absolute Gasteiger partial charge is 0.219 e. The van der Waals surface area contributed by atoms with Gasteiger partial charge in [-0.3, -0.25) is 0 Å². The third-order valence-corrected chi connectivity index (χ3v) is 3.08. The van der Waals surface area contributed by atoms with E-state index in [4.69, 9.17) is 15.7 Å². The number of ether oxygens (including phenoxy) is 1. The van der Waals surface area contributed by atoms with Crippen molar-refractivity contribution < 1.29 is 4.74 Å². The van der Waals surface area contributed by atoms with Crippen molar-refractivity contribution in [3.63, 3.8) is 0 Å². The van der Waals surface area contributed by atoms with Crippen LogP contribution in [-0.4, -0.2) is 4.98 Å². The van der Waals surface area contributed by atoms with Crippen LogP contribution in [0.15, 0.2) is 30.5 Å². The molecule has 0 aliphatic rings. The van der Waals surface area contributed by atoms with Gasteiger partial charge >= 0.3 is 0 Å². The molecule has 1 atom stereocenters. The molecule has 0 fully saturated rings. The van der Waals surface area contributed by atoms with Crippen molar-refractivity contribution in [2.24, 2.45) is 5.73 Å². The van der Waals surface area contributed by atoms with E-state index in [0.29, 0.717) is 11.4 Å². The number of nitrogens with zero attached hydrogens (tertiary/aromatic N) is 2. The highest BCUT2D eigenvalue weighted by atomic mass is 16.5. The molecule has 1 aromatic carbocycles. The number of nitriles is 1. The van der Waals surface area contributed by atoms with Crippen molar-refractivity contribution >= 4 is 0 Å². The average Bonchev–Trinajstić information content (AvgIpc) is 2.42. The predicted molar refractivity (Wildman–Crippen MR) is 77.5 cm³/mol. The van der Waals surface area contributed by atoms with Gasteiger partial charge in [-0.1, -0.05) is 0 Å². The van der Waals surface area contributed by atoms with Gasteiger partial charge in [0.15, 0.2) is 0 Å². The molecular weight excluding hydrogens is 250 g/mol. The summed E-state index contributed by atoms with van der Waals surface area (Å²) < 4.78 is 5.85. The van der Waals surface area contributed by atoms with Gasteiger partial charge in [-0.15, -0.1) is 0 Å². The molecule has 0 bridgehead atoms. The van der Waals surface area contributed by atoms with E-state index >= 15 is 0 Å². The van der Waals surface area contributed by atoms with Crippen LogP contribution in [-0.2, 0) is 0 Å². The third-order valence-electron chi connectivity index (χ3n) is 3.08. The van der Waals surface area contributed by atoms with Crippen LogP contribution in [0.5, 0.6) is 11.6 Å². The second-order valence-corrected chi connectivity index (χ2v) is 4.87. The van der Waals surface area contributed by atoms with Crippen molar-refractivity contribution in [1.29, 1.82) is 5.26 Å². The third kappa shape index (κ3) is 2.95. The zero-order valence-corrected chi connectivity index (χ0v) is 11.8. The SMILES string of the molecule is Cc1cc(C#N)cc(C)c1Oc1cc(C(C)N)ccn1. The lowest BCUT2D eigenvalue weighted by Crippen LogP contribution is -2.05. The molecular formula is C16H17N3O. The van der Waals surface area contributed by atoms with Crippen LogP contribution in [0.1, 0.15) is 35.2 Å². The van der Waals surface area contributed by atoms with E-state index in [2.05, 4.69) is 11.1 Å². The van der Waals surface area contributed by atoms with Crippen LogP contribution in [0.4, 0.5) is 0 Å². The molecule has 0 saturated carbocycles. The summed E-state index contributed by atoms with van der Waals surface area (Å²) in [6.45, 7) is 5.74. The molecule has 1 aromatic heterocycles. The topological polar surface area (TPSA) is 71.9 Å². The quantitative estimate of drug-likeness (QED) is 0.925. The minimum Gasteiger partial charge on any atom is -0.438 e. The van der Waals surface area contributed by atoms with Crippen LogP contribution in [0, 0.1) is 25.2 Å². The van der Waals surface area contributed by atoms with E-state index in [-0.39, 0.29) is 6.04 Å². The molecule has 1 heterocycles. The summed E-state index contributed by atoms with van der Waals surface area (Å²) in [7, 11) is 0. The maximum Gasteiger partial charge on any atom is 0.219 e. The number of nitrogens with two attached hydrogens (primary N) is 1. The molecule has 20 heavy (non-hydrogen) atoms. The lowest BCUT2D eigenvalue weighted by atomic mass is 10.1. The van der Waals surface area contributed by atoms with Gasteiger partial charge in [-0.25, -0.2) is 4.98 Å². The Balaban J connectivity index is 2.36. The van der Waals surface area contributed by atoms with Gasteiger partial charge in [-0.2, -0.15) is 5.26 Å². The van der Waals surface area contributed by atoms with Crippen LogP contribution in [0.3, 0.4) is 0 Å². The lowest BCUT2D eigenvalue weighted by Gasteiger charge is -2.13. The molecule has 2 N–H and O–H groups in total. The molecule has 2 rings (SSSR count). The number of aromatic nitrogens is 1. The van der Waals surface area contributed by atoms with Crippen molar-refractivity contribution in [2.45, 2.75) is 26.8 Å². The lowest BCUT2D eigenvalue weighted by molar-refractivity contribution is 0.454. The van der Waals surface area contributed by atoms with Crippen molar-refractivity contribution in [3.8, 4) is 17.7 Å². The maximum atomic E-state index is 8.95. The Morgan fingerprint density at radius 1 is 1.25 bits per heavy atom. The average molecular weight is 267 g/mol. The van der Waals surface area contributed by atoms with E-state index in [1.54, 1.807) is 18.3 Å². The summed E-state index contributed by atoms with van der Waals surface area (Å²) in [4.78, 5) is 4.20. The summed E-state index contributed by atoms with van der Waals surface area (Å²) in [6, 6.07) is 9.38. The summed E-state index contributed by atoms with van der Waals surface area (Å²) in [5.74, 6) is 1.24. The van der Waals surface area contributed by atoms with Gasteiger partial charge in [0.25, 0.3) is 0 Å². The van der Waals surface area contributed by atoms with Crippen LogP contribution in [0.2, 0.25) is 0 Å². The molecule has 0 aliphatic carbocycles. The standard InChI is InChI=1S/C16H17N3O/c1-10-6-13(9-17)7-11(2)16(10)20-15-8-14(12(3)18)4-5-19-15/h4-8,12H,18H2,1-3H3. The first-order valence-corrected chi connectivity index (χ1v) is 6.42. The zero-order valence-electron chi connectivity index (χ0n) is 11.8. The Hall–Kier alpha value is -2.38. The van der Waals surface area contributed by atoms with Crippen molar-refractivity contribution in [1.82, 2.24) is 4.98 Å². The Kier molecular flexibility index (Phi) is 4.02. The van der Waals surface area contributed by atoms with Crippen LogP contribution in [0.25, 0.3) is 0 Å². The number of pyridine rings is 1. The first-order valence-electron chi connectivity index (χ1n) is 6.42. The fourth-order valence-electron chi connectivity index (χ4n) is 2.04. The van der Waals surface area contributed by atoms with Crippen LogP contribution >= 0.6 is 0 Å². The second-order valence-electron chi connectivity index (χ2n) is 4.87. The Bertz CT molecular complexity index is 649. The van der Waals surface area contributed by atoms with Gasteiger partial charge in [0, 0.05) is 18.3 Å². The Morgan fingerprint density at radius 2 is 1.90 bits per heavy atom. The maximum absolute atomic E-state index is 8.95. The van der Waals surface area contributed by atoms with E-state index in [9.17, 15) is 0 Å². The largest absolute Gasteiger partial charge is 0.438 e. The van der Waals surface area contributed by atoms with Crippen LogP contribution < -0.4 is 10.5 Å². The molecule has 4 heteroatoms. The molecule has 102 valence electrons. The molecule has 0 aliphatic heterocycles. The van der Waals surface area contributed by atoms with Crippen molar-refractivity contribution in [3.05, 3.63) is 52.7 Å². The monoisotopic (exact) mass is 267 g/mol. The highest BCUT2D eigenvalue weighted by Gasteiger charge is 2.09. The van der Waals surface area contributed by atoms with Gasteiger partial charge in [-0.05, 0) is 55.7 Å². The highest BCUT2D eigenvalue weighted by molar-refractivity contribution is 5.48. The van der Waals surface area contributed by atoms with Crippen molar-refractivity contribution in [2.75, 3.05) is 0 Å². The Labute approximate surface area is 118 Å². The minimum absolute atomic E-state index is 0.0662. The highest BCUT2D eigenvalue weighted by Crippen LogP contribution is 2.29. The molecule has 4 nitrogen and oxygen atoms in total. The molecule has 1 unspecified atom stereocenters. The number of benzene rings is 1. The summed E-state index contributed by atoms with van der Waals surface area (Å²) in [5.41, 5.74) is 9.28. The number of aryl methyl sites for hydroxylation is 2. The van der Waals surface area contributed by atoms with Gasteiger partial charge in [0.2, 0.25) is 5.88 Å². The minimum atomic E-state index is -0.0662. The normalized spacial score (nSPS) is 11.8. The molecule has 0 saturated heterocycles. The summed E-state index contributed by atoms with van der Waals surface area (Å²) in [6.07, 6.45) is 1.68. The van der Waals surface area contributed by atoms with E-state index in [1.807, 2.05) is 32.9 Å². The molecule has 0 radical (unpaired) electrons. The Morgan fingerprint density at radius 3 is 2.45 bits per heavy atom. The van der Waals surface area contributed by atoms with E-state index < -0.39 is 0 Å². The fraction of sp³-hybridized carbons (Fsp3) is 0.250. The number of rotatable bonds is 3. The summed E-state index contributed by atoms with van der Waals surface area (Å²) in [5, 5.41) is 8.95.